The lowest BCUT2D eigenvalue weighted by Gasteiger charge is -2.18. The molecular formula is C15H18N2O2. The third kappa shape index (κ3) is 3.09. The van der Waals surface area contributed by atoms with Gasteiger partial charge in [-0.25, -0.2) is 0 Å². The van der Waals surface area contributed by atoms with Crippen LogP contribution < -0.4 is 0 Å². The molecule has 4 nitrogen and oxygen atoms in total. The average Bonchev–Trinajstić information content (AvgIpc) is 2.43. The first-order valence-electron chi connectivity index (χ1n) is 6.37. The minimum Gasteiger partial charge on any atom is -0.393 e. The van der Waals surface area contributed by atoms with E-state index in [-0.39, 0.29) is 5.91 Å². The molecule has 0 fully saturated rings. The molecule has 0 aliphatic rings. The number of benzene rings is 1. The monoisotopic (exact) mass is 258 g/mol. The zero-order valence-electron chi connectivity index (χ0n) is 11.2. The second-order valence-corrected chi connectivity index (χ2v) is 4.74. The van der Waals surface area contributed by atoms with Crippen LogP contribution in [0.15, 0.2) is 36.5 Å². The van der Waals surface area contributed by atoms with Gasteiger partial charge in [0.15, 0.2) is 0 Å². The Kier molecular flexibility index (Phi) is 4.12. The van der Waals surface area contributed by atoms with Gasteiger partial charge in [-0.15, -0.1) is 0 Å². The Labute approximate surface area is 112 Å². The number of hydrogen-bond acceptors (Lipinski definition) is 3. The first kappa shape index (κ1) is 13.5. The Balaban J connectivity index is 2.26. The normalized spacial score (nSPS) is 12.4. The highest BCUT2D eigenvalue weighted by molar-refractivity contribution is 6.05. The topological polar surface area (TPSA) is 53.4 Å². The number of fused-ring (bicyclic) bond motifs is 1. The summed E-state index contributed by atoms with van der Waals surface area (Å²) in [5.74, 6) is -0.0424. The highest BCUT2D eigenvalue weighted by atomic mass is 16.3. The zero-order valence-corrected chi connectivity index (χ0v) is 11.2. The Morgan fingerprint density at radius 1 is 1.37 bits per heavy atom. The molecule has 1 heterocycles. The van der Waals surface area contributed by atoms with E-state index in [1.165, 1.54) is 0 Å². The van der Waals surface area contributed by atoms with Crippen LogP contribution in [0.5, 0.6) is 0 Å². The Bertz CT molecular complexity index is 576. The fourth-order valence-electron chi connectivity index (χ4n) is 1.98. The first-order chi connectivity index (χ1) is 9.09. The van der Waals surface area contributed by atoms with Gasteiger partial charge in [-0.1, -0.05) is 12.1 Å². The second kappa shape index (κ2) is 5.80. The lowest BCUT2D eigenvalue weighted by molar-refractivity contribution is 0.0771. The lowest BCUT2D eigenvalue weighted by Crippen LogP contribution is -2.29. The van der Waals surface area contributed by atoms with Gasteiger partial charge in [-0.2, -0.15) is 0 Å². The number of nitrogens with zero attached hydrogens (tertiary/aromatic N) is 2. The van der Waals surface area contributed by atoms with E-state index in [4.69, 9.17) is 0 Å². The Morgan fingerprint density at radius 2 is 2.16 bits per heavy atom. The van der Waals surface area contributed by atoms with Gasteiger partial charge in [0.25, 0.3) is 5.91 Å². The van der Waals surface area contributed by atoms with E-state index >= 15 is 0 Å². The van der Waals surface area contributed by atoms with Crippen molar-refractivity contribution in [2.24, 2.45) is 0 Å². The molecule has 0 spiro atoms. The molecule has 2 aromatic rings. The summed E-state index contributed by atoms with van der Waals surface area (Å²) in [6, 6.07) is 9.27. The molecule has 19 heavy (non-hydrogen) atoms. The number of carbonyl (C=O) groups is 1. The molecule has 1 N–H and O–H groups in total. The van der Waals surface area contributed by atoms with Crippen LogP contribution in [0.2, 0.25) is 0 Å². The molecule has 1 aromatic carbocycles. The smallest absolute Gasteiger partial charge is 0.254 e. The van der Waals surface area contributed by atoms with Gasteiger partial charge in [0.1, 0.15) is 0 Å². The van der Waals surface area contributed by atoms with Crippen LogP contribution in [0.25, 0.3) is 10.9 Å². The maximum atomic E-state index is 12.4. The molecule has 4 heteroatoms. The van der Waals surface area contributed by atoms with Crippen molar-refractivity contribution >= 4 is 16.8 Å². The molecule has 100 valence electrons. The standard InChI is InChI=1S/C15H18N2O2/c1-11(18)8-10-17(2)15(19)13-5-3-7-14-12(13)6-4-9-16-14/h3-7,9,11,18H,8,10H2,1-2H3. The minimum atomic E-state index is -0.399. The van der Waals surface area contributed by atoms with E-state index in [2.05, 4.69) is 4.98 Å². The zero-order chi connectivity index (χ0) is 13.8. The quantitative estimate of drug-likeness (QED) is 0.913. The van der Waals surface area contributed by atoms with E-state index in [0.717, 1.165) is 10.9 Å². The van der Waals surface area contributed by atoms with Crippen LogP contribution in [0.1, 0.15) is 23.7 Å². The molecule has 0 aliphatic carbocycles. The number of aliphatic hydroxyl groups is 1. The van der Waals surface area contributed by atoms with Gasteiger partial charge in [0, 0.05) is 30.7 Å². The SMILES string of the molecule is CC(O)CCN(C)C(=O)c1cccc2ncccc12. The predicted molar refractivity (Wildman–Crippen MR) is 75.0 cm³/mol. The molecule has 0 saturated heterocycles. The highest BCUT2D eigenvalue weighted by Crippen LogP contribution is 2.17. The van der Waals surface area contributed by atoms with Crippen molar-refractivity contribution in [3.63, 3.8) is 0 Å². The van der Waals surface area contributed by atoms with Gasteiger partial charge in [-0.05, 0) is 31.5 Å². The van der Waals surface area contributed by atoms with E-state index in [0.29, 0.717) is 18.5 Å². The summed E-state index contributed by atoms with van der Waals surface area (Å²) in [5, 5.41) is 10.1. The fourth-order valence-corrected chi connectivity index (χ4v) is 1.98. The summed E-state index contributed by atoms with van der Waals surface area (Å²) in [6.07, 6.45) is 1.89. The first-order valence-corrected chi connectivity index (χ1v) is 6.37. The Morgan fingerprint density at radius 3 is 2.89 bits per heavy atom. The third-order valence-electron chi connectivity index (χ3n) is 3.11. The van der Waals surface area contributed by atoms with E-state index in [9.17, 15) is 9.90 Å². The van der Waals surface area contributed by atoms with Crippen molar-refractivity contribution < 1.29 is 9.90 Å². The van der Waals surface area contributed by atoms with E-state index in [1.54, 1.807) is 25.1 Å². The van der Waals surface area contributed by atoms with Crippen LogP contribution in [-0.4, -0.2) is 40.6 Å². The predicted octanol–water partition coefficient (Wildman–Crippen LogP) is 2.08. The van der Waals surface area contributed by atoms with Crippen LogP contribution in [0.3, 0.4) is 0 Å². The van der Waals surface area contributed by atoms with Crippen molar-refractivity contribution in [1.29, 1.82) is 0 Å². The van der Waals surface area contributed by atoms with Crippen molar-refractivity contribution in [3.05, 3.63) is 42.1 Å². The van der Waals surface area contributed by atoms with Gasteiger partial charge < -0.3 is 10.0 Å². The lowest BCUT2D eigenvalue weighted by atomic mass is 10.1. The molecule has 0 aliphatic heterocycles. The summed E-state index contributed by atoms with van der Waals surface area (Å²) in [5.41, 5.74) is 1.47. The number of aliphatic hydroxyl groups excluding tert-OH is 1. The molecule has 0 radical (unpaired) electrons. The van der Waals surface area contributed by atoms with Crippen molar-refractivity contribution in [2.75, 3.05) is 13.6 Å². The summed E-state index contributed by atoms with van der Waals surface area (Å²) in [7, 11) is 1.75. The summed E-state index contributed by atoms with van der Waals surface area (Å²) in [6.45, 7) is 2.26. The molecule has 1 aromatic heterocycles. The number of pyridine rings is 1. The number of hydrogen-bond donors (Lipinski definition) is 1. The molecule has 0 saturated carbocycles. The Hall–Kier alpha value is -1.94. The molecule has 2 rings (SSSR count). The van der Waals surface area contributed by atoms with Crippen molar-refractivity contribution in [2.45, 2.75) is 19.4 Å². The van der Waals surface area contributed by atoms with Gasteiger partial charge in [0.05, 0.1) is 11.6 Å². The van der Waals surface area contributed by atoms with E-state index in [1.807, 2.05) is 30.3 Å². The number of amides is 1. The maximum absolute atomic E-state index is 12.4. The maximum Gasteiger partial charge on any atom is 0.254 e. The second-order valence-electron chi connectivity index (χ2n) is 4.74. The summed E-state index contributed by atoms with van der Waals surface area (Å²) in [4.78, 5) is 18.3. The largest absolute Gasteiger partial charge is 0.393 e. The van der Waals surface area contributed by atoms with Crippen molar-refractivity contribution in [1.82, 2.24) is 9.88 Å². The van der Waals surface area contributed by atoms with Crippen LogP contribution >= 0.6 is 0 Å². The van der Waals surface area contributed by atoms with Crippen LogP contribution in [0.4, 0.5) is 0 Å². The van der Waals surface area contributed by atoms with Crippen LogP contribution in [-0.2, 0) is 0 Å². The molecule has 1 amide bonds. The molecule has 1 unspecified atom stereocenters. The molecule has 1 atom stereocenters. The summed E-state index contributed by atoms with van der Waals surface area (Å²) >= 11 is 0. The molecular weight excluding hydrogens is 240 g/mol. The average molecular weight is 258 g/mol. The number of carbonyl (C=O) groups excluding carboxylic acids is 1. The van der Waals surface area contributed by atoms with Gasteiger partial charge in [0.2, 0.25) is 0 Å². The van der Waals surface area contributed by atoms with Gasteiger partial charge in [-0.3, -0.25) is 9.78 Å². The fraction of sp³-hybridized carbons (Fsp3) is 0.333. The number of aromatic nitrogens is 1. The van der Waals surface area contributed by atoms with Crippen LogP contribution in [0, 0.1) is 0 Å². The summed E-state index contributed by atoms with van der Waals surface area (Å²) < 4.78 is 0. The highest BCUT2D eigenvalue weighted by Gasteiger charge is 2.15. The van der Waals surface area contributed by atoms with Crippen molar-refractivity contribution in [3.8, 4) is 0 Å². The number of rotatable bonds is 4. The molecule has 0 bridgehead atoms. The van der Waals surface area contributed by atoms with E-state index < -0.39 is 6.10 Å². The minimum absolute atomic E-state index is 0.0424. The third-order valence-corrected chi connectivity index (χ3v) is 3.11. The van der Waals surface area contributed by atoms with Gasteiger partial charge >= 0.3 is 0 Å².